The molecule has 0 amide bonds. The summed E-state index contributed by atoms with van der Waals surface area (Å²) >= 11 is 6.36. The van der Waals surface area contributed by atoms with Crippen molar-refractivity contribution in [2.75, 3.05) is 105 Å². The first-order chi connectivity index (χ1) is 67.7. The Balaban J connectivity index is 0.000000222. The summed E-state index contributed by atoms with van der Waals surface area (Å²) in [6.07, 6.45) is 7.40. The van der Waals surface area contributed by atoms with Gasteiger partial charge in [-0.3, -0.25) is 0 Å². The van der Waals surface area contributed by atoms with E-state index in [2.05, 4.69) is 72.5 Å². The van der Waals surface area contributed by atoms with Gasteiger partial charge in [0.25, 0.3) is 0 Å². The molecule has 7 N–H and O–H groups in total. The number of aryl methyl sites for hydroxylation is 4. The highest BCUT2D eigenvalue weighted by Gasteiger charge is 2.27. The van der Waals surface area contributed by atoms with Gasteiger partial charge in [-0.25, -0.2) is 24.0 Å². The number of halogens is 3. The molecule has 0 spiro atoms. The van der Waals surface area contributed by atoms with Crippen LogP contribution in [0.2, 0.25) is 0 Å². The van der Waals surface area contributed by atoms with Gasteiger partial charge >= 0.3 is 44.1 Å². The molecule has 3 aliphatic carbocycles. The standard InChI is InChI=1S/C24H24O5.C20H22O4.C16H15IO4.C12H13IO3.2C8H11BO3.C8H7IO3.C8H10O2.C4H8O/c1-16-13-20(27-3)10-11-21(16)18-7-12-23(22(14-18)24(25)28-4)29-15-17-5-8-19(26-2)9-6-17;1-13-10-16(22-2)7-8-17(13)15-6-9-19(24-12-14-4-5-14)18(11-15)20(21)23-3;1-19-13-6-3-11(4-7-13)10-21-15-8-5-12(17)9-14(15)16(18)20-2;1-15-12(14)10-6-9(13)4-5-11(10)16-7-8-2-3-8;2*1-6-5-7(12-2)3-4-8(6)9(10)11;1-12-8(11)6-4-5(9)2-3-7(6)10;1-10-8-4-2-7(6-9)3-5-8;5-3-4-1-2-4/h5-14H,15H2,1-4H3;6-11,14H,4-5,12H2,1-3H3;3-9H,10H2,1-2H3;4-6,8H,2-3,7H2,1H3;2*3-5,10-11H,1-2H3;2-4,10H,1H3;2-5,9H,6H2,1H3;4-5H,1-3H2. The number of aliphatic hydroxyl groups is 2. The van der Waals surface area contributed by atoms with E-state index in [9.17, 15) is 29.1 Å². The van der Waals surface area contributed by atoms with Crippen LogP contribution in [-0.4, -0.2) is 185 Å². The second-order valence-corrected chi connectivity index (χ2v) is 35.5. The molecule has 0 aromatic heterocycles. The van der Waals surface area contributed by atoms with Crippen LogP contribution in [0.15, 0.2) is 237 Å². The van der Waals surface area contributed by atoms with E-state index < -0.39 is 32.1 Å². The molecule has 3 fully saturated rings. The fourth-order valence-corrected chi connectivity index (χ4v) is 14.3. The van der Waals surface area contributed by atoms with E-state index >= 15 is 0 Å². The molecule has 0 saturated heterocycles. The Hall–Kier alpha value is -12.3. The number of carbonyl (C=O) groups is 5. The molecule has 0 aliphatic heterocycles. The molecular formula is C108H121B2I3O28. The number of carbonyl (C=O) groups excluding carboxylic acids is 5. The van der Waals surface area contributed by atoms with Gasteiger partial charge in [0, 0.05) is 17.3 Å². The minimum atomic E-state index is -1.41. The number of esters is 5. The maximum atomic E-state index is 12.4. The van der Waals surface area contributed by atoms with Gasteiger partial charge in [0.2, 0.25) is 0 Å². The molecular weight excluding hydrogens is 2150 g/mol. The third kappa shape index (κ3) is 38.9. The average molecular weight is 2270 g/mol. The molecule has 0 unspecified atom stereocenters. The lowest BCUT2D eigenvalue weighted by atomic mass is 9.77. The number of aliphatic hydroxyl groups excluding tert-OH is 2. The molecule has 748 valence electrons. The van der Waals surface area contributed by atoms with Gasteiger partial charge < -0.3 is 111 Å². The third-order valence-electron chi connectivity index (χ3n) is 21.6. The van der Waals surface area contributed by atoms with E-state index in [1.807, 2.05) is 166 Å². The van der Waals surface area contributed by atoms with E-state index in [0.717, 1.165) is 112 Å². The van der Waals surface area contributed by atoms with E-state index in [0.29, 0.717) is 107 Å². The van der Waals surface area contributed by atoms with Crippen molar-refractivity contribution < 1.29 is 135 Å². The van der Waals surface area contributed by atoms with Crippen LogP contribution in [0.3, 0.4) is 0 Å². The minimum absolute atomic E-state index is 0.0535. The Labute approximate surface area is 865 Å². The summed E-state index contributed by atoms with van der Waals surface area (Å²) in [7, 11) is 15.3. The normalized spacial score (nSPS) is 11.5. The van der Waals surface area contributed by atoms with E-state index in [4.69, 9.17) is 101 Å². The number of hydrogen-bond acceptors (Lipinski definition) is 28. The molecule has 28 nitrogen and oxygen atoms in total. The Morgan fingerprint density at radius 1 is 0.298 bits per heavy atom. The zero-order chi connectivity index (χ0) is 103. The maximum Gasteiger partial charge on any atom is 0.488 e. The van der Waals surface area contributed by atoms with Gasteiger partial charge in [-0.2, -0.15) is 0 Å². The Morgan fingerprint density at radius 3 is 0.844 bits per heavy atom. The number of rotatable bonds is 30. The van der Waals surface area contributed by atoms with Crippen LogP contribution in [0, 0.1) is 56.2 Å². The SMILES string of the molecule is COC(=O)c1cc(-c2ccc(OC)cc2C)ccc1OCC1CC1.COC(=O)c1cc(-c2ccc(OC)cc2C)ccc1OCc1ccc(OC)cc1.COC(=O)c1cc(I)ccc1O.COC(=O)c1cc(I)ccc1OCC1CC1.COC(=O)c1cc(I)ccc1OCc1ccc(OC)cc1.COc1ccc(B(O)O)c(C)c1.COc1ccc(B(O)O)c(C)c1.COc1ccc(CO)cc1.OCC1CC1. The molecule has 3 aliphatic rings. The summed E-state index contributed by atoms with van der Waals surface area (Å²) in [6.45, 7) is 10.2. The van der Waals surface area contributed by atoms with Gasteiger partial charge in [0.1, 0.15) is 110 Å². The van der Waals surface area contributed by atoms with Crippen LogP contribution < -0.4 is 63.0 Å². The van der Waals surface area contributed by atoms with E-state index in [1.54, 1.807) is 142 Å². The number of hydrogen-bond donors (Lipinski definition) is 7. The van der Waals surface area contributed by atoms with Crippen molar-refractivity contribution in [1.82, 2.24) is 0 Å². The summed E-state index contributed by atoms with van der Waals surface area (Å²) in [4.78, 5) is 58.8. The quantitative estimate of drug-likeness (QED) is 0.00951. The molecule has 0 atom stereocenters. The second kappa shape index (κ2) is 60.7. The summed E-state index contributed by atoms with van der Waals surface area (Å²) in [5.41, 5.74) is 13.5. The maximum absolute atomic E-state index is 12.4. The number of aromatic hydroxyl groups is 1. The fraction of sp³-hybridized carbons (Fsp3) is 0.287. The van der Waals surface area contributed by atoms with Crippen molar-refractivity contribution in [3.05, 3.63) is 314 Å². The van der Waals surface area contributed by atoms with Crippen LogP contribution in [0.4, 0.5) is 0 Å². The van der Waals surface area contributed by atoms with Gasteiger partial charge in [-0.05, 0) is 388 Å². The molecule has 33 heteroatoms. The third-order valence-corrected chi connectivity index (χ3v) is 23.6. The monoisotopic (exact) mass is 2270 g/mol. The lowest BCUT2D eigenvalue weighted by molar-refractivity contribution is 0.0586. The fourth-order valence-electron chi connectivity index (χ4n) is 12.8. The first kappa shape index (κ1) is 116. The van der Waals surface area contributed by atoms with Gasteiger partial charge in [-0.1, -0.05) is 72.8 Å². The molecule has 3 saturated carbocycles. The molecule has 0 radical (unpaired) electrons. The highest BCUT2D eigenvalue weighted by molar-refractivity contribution is 14.1. The predicted octanol–water partition coefficient (Wildman–Crippen LogP) is 18.5. The first-order valence-electron chi connectivity index (χ1n) is 44.5. The van der Waals surface area contributed by atoms with Gasteiger partial charge in [0.15, 0.2) is 0 Å². The highest BCUT2D eigenvalue weighted by atomic mass is 127. The highest BCUT2D eigenvalue weighted by Crippen LogP contribution is 2.37. The Kier molecular flexibility index (Phi) is 49.8. The van der Waals surface area contributed by atoms with Crippen LogP contribution in [0.1, 0.15) is 129 Å². The van der Waals surface area contributed by atoms with E-state index in [-0.39, 0.29) is 29.9 Å². The molecule has 0 heterocycles. The topological polar surface area (TPSA) is 375 Å². The second-order valence-electron chi connectivity index (χ2n) is 31.8. The molecule has 0 bridgehead atoms. The zero-order valence-corrected chi connectivity index (χ0v) is 88.2. The number of methoxy groups -OCH3 is 12. The summed E-state index contributed by atoms with van der Waals surface area (Å²) in [6, 6.07) is 71.3. The van der Waals surface area contributed by atoms with Gasteiger partial charge in [-0.15, -0.1) is 0 Å². The number of ether oxygens (including phenoxy) is 16. The number of phenols is 1. The lowest BCUT2D eigenvalue weighted by Crippen LogP contribution is -2.31. The molecule has 15 rings (SSSR count). The van der Waals surface area contributed by atoms with Crippen molar-refractivity contribution in [3.8, 4) is 91.2 Å². The summed E-state index contributed by atoms with van der Waals surface area (Å²) in [5, 5.41) is 61.6. The number of benzene rings is 12. The van der Waals surface area contributed by atoms with E-state index in [1.165, 1.54) is 80.1 Å². The number of phenolic OH excluding ortho intramolecular Hbond substituents is 1. The molecule has 12 aromatic carbocycles. The predicted molar refractivity (Wildman–Crippen MR) is 567 cm³/mol. The minimum Gasteiger partial charge on any atom is -0.507 e. The Morgan fingerprint density at radius 2 is 0.567 bits per heavy atom. The summed E-state index contributed by atoms with van der Waals surface area (Å²) < 4.78 is 85.4. The van der Waals surface area contributed by atoms with Crippen LogP contribution in [0.5, 0.6) is 69.0 Å². The smallest absolute Gasteiger partial charge is 0.488 e. The molecule has 12 aromatic rings. The van der Waals surface area contributed by atoms with Crippen LogP contribution >= 0.6 is 67.8 Å². The van der Waals surface area contributed by atoms with Gasteiger partial charge in [0.05, 0.1) is 105 Å². The molecule has 141 heavy (non-hydrogen) atoms. The zero-order valence-electron chi connectivity index (χ0n) is 81.7. The van der Waals surface area contributed by atoms with Crippen molar-refractivity contribution in [3.63, 3.8) is 0 Å². The average Bonchev–Trinajstić information content (AvgIpc) is 1.81. The van der Waals surface area contributed by atoms with Crippen LogP contribution in [-0.2, 0) is 43.5 Å². The lowest BCUT2D eigenvalue weighted by Gasteiger charge is -2.14. The van der Waals surface area contributed by atoms with Crippen molar-refractivity contribution in [2.45, 2.75) is 86.0 Å². The Bertz CT molecular complexity index is 5890. The van der Waals surface area contributed by atoms with Crippen LogP contribution in [0.25, 0.3) is 22.3 Å². The largest absolute Gasteiger partial charge is 0.507 e. The first-order valence-corrected chi connectivity index (χ1v) is 47.7. The van der Waals surface area contributed by atoms with Crippen molar-refractivity contribution >= 4 is 123 Å². The van der Waals surface area contributed by atoms with Crippen molar-refractivity contribution in [1.29, 1.82) is 0 Å². The van der Waals surface area contributed by atoms with Crippen molar-refractivity contribution in [2.24, 2.45) is 17.8 Å². The summed E-state index contributed by atoms with van der Waals surface area (Å²) in [5.74, 6) is 7.47.